The van der Waals surface area contributed by atoms with E-state index in [1.807, 2.05) is 0 Å². The summed E-state index contributed by atoms with van der Waals surface area (Å²) in [6.45, 7) is 0.458. The van der Waals surface area contributed by atoms with Crippen LogP contribution in [0.15, 0.2) is 42.5 Å². The lowest BCUT2D eigenvalue weighted by atomic mass is 10.1. The Labute approximate surface area is 141 Å². The third-order valence-electron chi connectivity index (χ3n) is 3.65. The van der Waals surface area contributed by atoms with Gasteiger partial charge in [-0.05, 0) is 30.3 Å². The van der Waals surface area contributed by atoms with E-state index in [0.29, 0.717) is 5.69 Å². The maximum Gasteiger partial charge on any atom is 0.279 e. The predicted octanol–water partition coefficient (Wildman–Crippen LogP) is 3.31. The van der Waals surface area contributed by atoms with E-state index in [0.717, 1.165) is 18.2 Å². The lowest BCUT2D eigenvalue weighted by Gasteiger charge is -2.28. The summed E-state index contributed by atoms with van der Waals surface area (Å²) < 4.78 is 31.7. The number of nitro groups is 1. The number of amides is 1. The average Bonchev–Trinajstić information content (AvgIpc) is 2.59. The predicted molar refractivity (Wildman–Crippen MR) is 86.3 cm³/mol. The van der Waals surface area contributed by atoms with Crippen LogP contribution in [0.4, 0.5) is 20.2 Å². The summed E-state index contributed by atoms with van der Waals surface area (Å²) in [6.07, 6.45) is 2.40. The Hall–Kier alpha value is -3.29. The molecule has 3 rings (SSSR count). The molecule has 0 unspecified atom stereocenters. The van der Waals surface area contributed by atoms with E-state index in [-0.39, 0.29) is 24.5 Å². The molecule has 0 radical (unpaired) electrons. The lowest BCUT2D eigenvalue weighted by molar-refractivity contribution is -0.385. The lowest BCUT2D eigenvalue weighted by Crippen LogP contribution is -2.36. The second-order valence-electron chi connectivity index (χ2n) is 5.24. The second-order valence-corrected chi connectivity index (χ2v) is 5.24. The first kappa shape index (κ1) is 16.6. The minimum atomic E-state index is -0.737. The highest BCUT2D eigenvalue weighted by Gasteiger charge is 2.23. The van der Waals surface area contributed by atoms with E-state index < -0.39 is 28.2 Å². The van der Waals surface area contributed by atoms with Crippen LogP contribution >= 0.6 is 0 Å². The van der Waals surface area contributed by atoms with Crippen LogP contribution in [0.25, 0.3) is 6.08 Å². The van der Waals surface area contributed by atoms with Crippen molar-refractivity contribution in [2.45, 2.75) is 0 Å². The minimum absolute atomic E-state index is 0.104. The van der Waals surface area contributed by atoms with E-state index in [1.165, 1.54) is 35.2 Å². The van der Waals surface area contributed by atoms with Crippen LogP contribution < -0.4 is 9.64 Å². The summed E-state index contributed by atoms with van der Waals surface area (Å²) in [5.41, 5.74) is 0.0803. The molecule has 0 bridgehead atoms. The molecule has 0 aliphatic carbocycles. The Balaban J connectivity index is 1.87. The van der Waals surface area contributed by atoms with Crippen molar-refractivity contribution in [3.63, 3.8) is 0 Å². The average molecular weight is 346 g/mol. The van der Waals surface area contributed by atoms with E-state index in [1.54, 1.807) is 0 Å². The zero-order valence-electron chi connectivity index (χ0n) is 12.8. The molecule has 0 N–H and O–H groups in total. The fraction of sp³-hybridized carbons (Fsp3) is 0.118. The summed E-state index contributed by atoms with van der Waals surface area (Å²) in [5.74, 6) is -1.42. The van der Waals surface area contributed by atoms with Crippen molar-refractivity contribution in [2.24, 2.45) is 0 Å². The zero-order valence-corrected chi connectivity index (χ0v) is 12.8. The Morgan fingerprint density at radius 2 is 1.92 bits per heavy atom. The van der Waals surface area contributed by atoms with Gasteiger partial charge in [0.05, 0.1) is 28.8 Å². The van der Waals surface area contributed by atoms with Crippen LogP contribution in [0.5, 0.6) is 5.75 Å². The van der Waals surface area contributed by atoms with Crippen LogP contribution in [0.2, 0.25) is 0 Å². The van der Waals surface area contributed by atoms with Gasteiger partial charge in [0.15, 0.2) is 0 Å². The fourth-order valence-electron chi connectivity index (χ4n) is 2.49. The Morgan fingerprint density at radius 3 is 2.68 bits per heavy atom. The molecular formula is C17H12F2N2O4. The number of anilines is 1. The topological polar surface area (TPSA) is 72.7 Å². The molecule has 0 atom stereocenters. The third-order valence-corrected chi connectivity index (χ3v) is 3.65. The summed E-state index contributed by atoms with van der Waals surface area (Å²) >= 11 is 0. The van der Waals surface area contributed by atoms with Gasteiger partial charge in [-0.25, -0.2) is 8.78 Å². The molecule has 1 heterocycles. The first-order valence-corrected chi connectivity index (χ1v) is 7.31. The first-order valence-electron chi connectivity index (χ1n) is 7.31. The van der Waals surface area contributed by atoms with Gasteiger partial charge in [0.2, 0.25) is 0 Å². The number of carbonyl (C=O) groups excluding carboxylic acids is 1. The molecule has 128 valence electrons. The highest BCUT2D eigenvalue weighted by molar-refractivity contribution is 6.05. The largest absolute Gasteiger partial charge is 0.489 e. The Morgan fingerprint density at radius 1 is 1.20 bits per heavy atom. The van der Waals surface area contributed by atoms with Crippen molar-refractivity contribution in [2.75, 3.05) is 18.1 Å². The van der Waals surface area contributed by atoms with Gasteiger partial charge >= 0.3 is 0 Å². The van der Waals surface area contributed by atoms with Crippen molar-refractivity contribution >= 4 is 23.4 Å². The van der Waals surface area contributed by atoms with Gasteiger partial charge in [0.1, 0.15) is 24.0 Å². The maximum absolute atomic E-state index is 13.3. The smallest absolute Gasteiger partial charge is 0.279 e. The highest BCUT2D eigenvalue weighted by Crippen LogP contribution is 2.32. The summed E-state index contributed by atoms with van der Waals surface area (Å²) in [6, 6.07) is 6.91. The molecule has 1 amide bonds. The standard InChI is InChI=1S/C17H12F2N2O4/c18-12-3-1-11(15(9-12)21(23)24)2-6-17(22)20-7-8-25-16-10-13(19)4-5-14(16)20/h1-6,9-10H,7-8H2/b6-2+. The van der Waals surface area contributed by atoms with E-state index in [4.69, 9.17) is 4.74 Å². The van der Waals surface area contributed by atoms with E-state index in [2.05, 4.69) is 0 Å². The van der Waals surface area contributed by atoms with Gasteiger partial charge in [-0.2, -0.15) is 0 Å². The van der Waals surface area contributed by atoms with E-state index >= 15 is 0 Å². The monoisotopic (exact) mass is 346 g/mol. The zero-order chi connectivity index (χ0) is 18.0. The van der Waals surface area contributed by atoms with Crippen LogP contribution in [-0.2, 0) is 4.79 Å². The molecule has 2 aromatic carbocycles. The number of hydrogen-bond donors (Lipinski definition) is 0. The molecule has 6 nitrogen and oxygen atoms in total. The number of rotatable bonds is 3. The molecule has 8 heteroatoms. The van der Waals surface area contributed by atoms with Gasteiger partial charge in [0.25, 0.3) is 11.6 Å². The highest BCUT2D eigenvalue weighted by atomic mass is 19.1. The van der Waals surface area contributed by atoms with Gasteiger partial charge < -0.3 is 9.64 Å². The fourth-order valence-corrected chi connectivity index (χ4v) is 2.49. The van der Waals surface area contributed by atoms with Crippen LogP contribution in [0.3, 0.4) is 0 Å². The van der Waals surface area contributed by atoms with Crippen LogP contribution in [0.1, 0.15) is 5.56 Å². The van der Waals surface area contributed by atoms with Crippen molar-refractivity contribution in [1.29, 1.82) is 0 Å². The number of hydrogen-bond acceptors (Lipinski definition) is 4. The van der Waals surface area contributed by atoms with E-state index in [9.17, 15) is 23.7 Å². The Bertz CT molecular complexity index is 883. The number of nitro benzene ring substituents is 1. The normalized spacial score (nSPS) is 13.4. The second kappa shape index (κ2) is 6.68. The van der Waals surface area contributed by atoms with Crippen molar-refractivity contribution < 1.29 is 23.2 Å². The quantitative estimate of drug-likeness (QED) is 0.486. The molecule has 1 aliphatic rings. The number of nitrogens with zero attached hydrogens (tertiary/aromatic N) is 2. The number of carbonyl (C=O) groups is 1. The molecule has 0 saturated heterocycles. The number of ether oxygens (including phenoxy) is 1. The molecule has 0 saturated carbocycles. The molecular weight excluding hydrogens is 334 g/mol. The number of benzene rings is 2. The van der Waals surface area contributed by atoms with Crippen LogP contribution in [0, 0.1) is 21.7 Å². The van der Waals surface area contributed by atoms with Gasteiger partial charge in [0, 0.05) is 12.1 Å². The number of halogens is 2. The van der Waals surface area contributed by atoms with Gasteiger partial charge in [-0.3, -0.25) is 14.9 Å². The summed E-state index contributed by atoms with van der Waals surface area (Å²) in [4.78, 5) is 24.0. The third kappa shape index (κ3) is 3.47. The number of fused-ring (bicyclic) bond motifs is 1. The first-order chi connectivity index (χ1) is 12.0. The van der Waals surface area contributed by atoms with Gasteiger partial charge in [-0.15, -0.1) is 0 Å². The van der Waals surface area contributed by atoms with Crippen molar-refractivity contribution in [3.05, 3.63) is 69.8 Å². The molecule has 1 aliphatic heterocycles. The minimum Gasteiger partial charge on any atom is -0.489 e. The summed E-state index contributed by atoms with van der Waals surface area (Å²) in [7, 11) is 0. The molecule has 0 fully saturated rings. The summed E-state index contributed by atoms with van der Waals surface area (Å²) in [5, 5.41) is 11.0. The van der Waals surface area contributed by atoms with Crippen LogP contribution in [-0.4, -0.2) is 24.0 Å². The molecule has 0 aromatic heterocycles. The molecule has 0 spiro atoms. The maximum atomic E-state index is 13.3. The van der Waals surface area contributed by atoms with Crippen molar-refractivity contribution in [3.8, 4) is 5.75 Å². The molecule has 25 heavy (non-hydrogen) atoms. The van der Waals surface area contributed by atoms with Gasteiger partial charge in [-0.1, -0.05) is 0 Å². The van der Waals surface area contributed by atoms with Crippen molar-refractivity contribution in [1.82, 2.24) is 0 Å². The SMILES string of the molecule is O=C(/C=C/c1ccc(F)cc1[N+](=O)[O-])N1CCOc2cc(F)ccc21. The molecule has 2 aromatic rings. The Kier molecular flexibility index (Phi) is 4.42.